The van der Waals surface area contributed by atoms with Crippen molar-refractivity contribution in [3.63, 3.8) is 0 Å². The predicted octanol–water partition coefficient (Wildman–Crippen LogP) is 3.25. The lowest BCUT2D eigenvalue weighted by Crippen LogP contribution is -2.21. The Bertz CT molecular complexity index is 1150. The zero-order valence-electron chi connectivity index (χ0n) is 15.5. The summed E-state index contributed by atoms with van der Waals surface area (Å²) in [6, 6.07) is 8.76. The number of furan rings is 1. The maximum absolute atomic E-state index is 12.3. The molecule has 0 bridgehead atoms. The van der Waals surface area contributed by atoms with Gasteiger partial charge < -0.3 is 19.5 Å². The minimum atomic E-state index is -0.749. The minimum absolute atomic E-state index is 0.0391. The molecule has 0 aliphatic carbocycles. The van der Waals surface area contributed by atoms with Crippen LogP contribution in [-0.4, -0.2) is 29.3 Å². The van der Waals surface area contributed by atoms with Crippen molar-refractivity contribution in [3.8, 4) is 6.07 Å². The van der Waals surface area contributed by atoms with Gasteiger partial charge in [0.25, 0.3) is 5.91 Å². The lowest BCUT2D eigenvalue weighted by Gasteiger charge is -2.06. The summed E-state index contributed by atoms with van der Waals surface area (Å²) in [5.74, 6) is -1.58. The summed E-state index contributed by atoms with van der Waals surface area (Å²) in [5, 5.41) is 12.3. The summed E-state index contributed by atoms with van der Waals surface area (Å²) in [7, 11) is 0. The van der Waals surface area contributed by atoms with Crippen molar-refractivity contribution >= 4 is 34.3 Å². The fourth-order valence-corrected chi connectivity index (χ4v) is 3.11. The Kier molecular flexibility index (Phi) is 5.00. The number of anilines is 1. The van der Waals surface area contributed by atoms with Gasteiger partial charge in [0.05, 0.1) is 0 Å². The van der Waals surface area contributed by atoms with E-state index in [1.165, 1.54) is 6.92 Å². The largest absolute Gasteiger partial charge is 0.451 e. The van der Waals surface area contributed by atoms with E-state index in [0.29, 0.717) is 27.8 Å². The van der Waals surface area contributed by atoms with Crippen molar-refractivity contribution in [2.75, 3.05) is 11.9 Å². The smallest absolute Gasteiger partial charge is 0.355 e. The van der Waals surface area contributed by atoms with Gasteiger partial charge in [-0.15, -0.1) is 0 Å². The fraction of sp³-hybridized carbons (Fsp3) is 0.200. The van der Waals surface area contributed by atoms with E-state index in [4.69, 9.17) is 9.15 Å². The molecule has 0 atom stereocenters. The van der Waals surface area contributed by atoms with Crippen LogP contribution in [0.25, 0.3) is 11.0 Å². The lowest BCUT2D eigenvalue weighted by molar-refractivity contribution is -0.119. The molecule has 3 rings (SSSR count). The highest BCUT2D eigenvalue weighted by Gasteiger charge is 2.22. The van der Waals surface area contributed by atoms with Crippen LogP contribution in [0, 0.1) is 25.2 Å². The maximum Gasteiger partial charge on any atom is 0.355 e. The second kappa shape index (κ2) is 7.40. The molecule has 142 valence electrons. The van der Waals surface area contributed by atoms with Gasteiger partial charge in [-0.25, -0.2) is 4.79 Å². The first-order chi connectivity index (χ1) is 13.3. The molecule has 2 aromatic heterocycles. The maximum atomic E-state index is 12.3. The third-order valence-corrected chi connectivity index (χ3v) is 4.29. The first-order valence-electron chi connectivity index (χ1n) is 8.42. The number of hydrogen-bond acceptors (Lipinski definition) is 6. The highest BCUT2D eigenvalue weighted by molar-refractivity contribution is 6.04. The number of nitrogens with zero attached hydrogens (tertiary/aromatic N) is 1. The first-order valence-corrected chi connectivity index (χ1v) is 8.42. The van der Waals surface area contributed by atoms with Gasteiger partial charge >= 0.3 is 5.97 Å². The molecule has 0 unspecified atom stereocenters. The van der Waals surface area contributed by atoms with Crippen molar-refractivity contribution < 1.29 is 23.5 Å². The molecule has 0 saturated heterocycles. The summed E-state index contributed by atoms with van der Waals surface area (Å²) < 4.78 is 10.4. The van der Waals surface area contributed by atoms with Gasteiger partial charge in [-0.05, 0) is 38.5 Å². The van der Waals surface area contributed by atoms with Gasteiger partial charge in [0.15, 0.2) is 12.4 Å². The van der Waals surface area contributed by atoms with Gasteiger partial charge in [-0.2, -0.15) is 5.26 Å². The van der Waals surface area contributed by atoms with E-state index in [1.807, 2.05) is 6.07 Å². The Hall–Kier alpha value is -3.86. The number of ether oxygens (including phenoxy) is 1. The molecule has 2 N–H and O–H groups in total. The molecule has 0 fully saturated rings. The SMILES string of the molecule is CC(=O)c1c(C)[nH]c(C(=O)OCC(=O)Nc2c(C#N)oc3ccccc23)c1C. The Morgan fingerprint density at radius 1 is 1.25 bits per heavy atom. The van der Waals surface area contributed by atoms with Crippen molar-refractivity contribution in [1.29, 1.82) is 5.26 Å². The van der Waals surface area contributed by atoms with Gasteiger partial charge in [-0.3, -0.25) is 9.59 Å². The molecule has 1 amide bonds. The molecule has 0 aliphatic heterocycles. The van der Waals surface area contributed by atoms with E-state index in [9.17, 15) is 19.6 Å². The summed E-state index contributed by atoms with van der Waals surface area (Å²) in [6.45, 7) is 4.16. The Balaban J connectivity index is 1.72. The predicted molar refractivity (Wildman–Crippen MR) is 100 cm³/mol. The molecular weight excluding hydrogens is 362 g/mol. The first kappa shape index (κ1) is 18.9. The monoisotopic (exact) mass is 379 g/mol. The highest BCUT2D eigenvalue weighted by atomic mass is 16.5. The van der Waals surface area contributed by atoms with Crippen LogP contribution in [-0.2, 0) is 9.53 Å². The number of Topliss-reactive ketones (excluding diaryl/α,β-unsaturated/α-hetero) is 1. The molecule has 0 saturated carbocycles. The summed E-state index contributed by atoms with van der Waals surface area (Å²) in [6.07, 6.45) is 0. The number of benzene rings is 1. The van der Waals surface area contributed by atoms with Gasteiger partial charge in [0.1, 0.15) is 23.0 Å². The number of aromatic nitrogens is 1. The number of fused-ring (bicyclic) bond motifs is 1. The number of esters is 1. The number of H-pyrrole nitrogens is 1. The Morgan fingerprint density at radius 2 is 1.96 bits per heavy atom. The number of nitrogens with one attached hydrogen (secondary N) is 2. The van der Waals surface area contributed by atoms with Crippen LogP contribution in [0.4, 0.5) is 5.69 Å². The van der Waals surface area contributed by atoms with Gasteiger partial charge in [-0.1, -0.05) is 12.1 Å². The molecule has 0 aliphatic rings. The topological polar surface area (TPSA) is 125 Å². The van der Waals surface area contributed by atoms with Crippen molar-refractivity contribution in [1.82, 2.24) is 4.98 Å². The average molecular weight is 379 g/mol. The zero-order chi connectivity index (χ0) is 20.4. The number of carbonyl (C=O) groups excluding carboxylic acids is 3. The third kappa shape index (κ3) is 3.38. The van der Waals surface area contributed by atoms with E-state index in [1.54, 1.807) is 38.1 Å². The second-order valence-corrected chi connectivity index (χ2v) is 6.22. The number of aromatic amines is 1. The molecule has 1 aromatic carbocycles. The molecule has 0 radical (unpaired) electrons. The van der Waals surface area contributed by atoms with Crippen LogP contribution >= 0.6 is 0 Å². The van der Waals surface area contributed by atoms with E-state index in [0.717, 1.165) is 0 Å². The van der Waals surface area contributed by atoms with Crippen molar-refractivity contribution in [2.24, 2.45) is 0 Å². The van der Waals surface area contributed by atoms with E-state index < -0.39 is 18.5 Å². The standard InChI is InChI=1S/C20H17N3O5/c1-10-17(12(3)24)11(2)22-18(10)20(26)27-9-16(25)23-19-13-6-4-5-7-14(13)28-15(19)8-21/h4-7,22H,9H2,1-3H3,(H,23,25). The summed E-state index contributed by atoms with van der Waals surface area (Å²) in [4.78, 5) is 39.0. The molecule has 8 nitrogen and oxygen atoms in total. The fourth-order valence-electron chi connectivity index (χ4n) is 3.11. The molecule has 0 spiro atoms. The summed E-state index contributed by atoms with van der Waals surface area (Å²) >= 11 is 0. The molecule has 8 heteroatoms. The zero-order valence-corrected chi connectivity index (χ0v) is 15.5. The van der Waals surface area contributed by atoms with Crippen LogP contribution in [0.3, 0.4) is 0 Å². The number of para-hydroxylation sites is 1. The Labute approximate surface area is 160 Å². The minimum Gasteiger partial charge on any atom is -0.451 e. The normalized spacial score (nSPS) is 10.5. The van der Waals surface area contributed by atoms with Crippen LogP contribution in [0.5, 0.6) is 0 Å². The number of ketones is 1. The van der Waals surface area contributed by atoms with Crippen LogP contribution in [0.15, 0.2) is 28.7 Å². The van der Waals surface area contributed by atoms with E-state index in [-0.39, 0.29) is 22.9 Å². The van der Waals surface area contributed by atoms with Crippen LogP contribution in [0.2, 0.25) is 0 Å². The number of amides is 1. The average Bonchev–Trinajstić information content (AvgIpc) is 3.16. The number of aryl methyl sites for hydroxylation is 1. The number of rotatable bonds is 5. The molecular formula is C20H17N3O5. The third-order valence-electron chi connectivity index (χ3n) is 4.29. The molecule has 2 heterocycles. The van der Waals surface area contributed by atoms with Crippen molar-refractivity contribution in [2.45, 2.75) is 20.8 Å². The van der Waals surface area contributed by atoms with Gasteiger partial charge in [0, 0.05) is 16.6 Å². The quantitative estimate of drug-likeness (QED) is 0.518. The van der Waals surface area contributed by atoms with E-state index >= 15 is 0 Å². The van der Waals surface area contributed by atoms with E-state index in [2.05, 4.69) is 10.3 Å². The van der Waals surface area contributed by atoms with Gasteiger partial charge in [0.2, 0.25) is 5.76 Å². The number of hydrogen-bond donors (Lipinski definition) is 2. The molecule has 28 heavy (non-hydrogen) atoms. The highest BCUT2D eigenvalue weighted by Crippen LogP contribution is 2.30. The number of nitriles is 1. The molecule has 3 aromatic rings. The lowest BCUT2D eigenvalue weighted by atomic mass is 10.1. The Morgan fingerprint density at radius 3 is 2.61 bits per heavy atom. The van der Waals surface area contributed by atoms with Crippen LogP contribution < -0.4 is 5.32 Å². The number of carbonyl (C=O) groups is 3. The second-order valence-electron chi connectivity index (χ2n) is 6.22. The van der Waals surface area contributed by atoms with Crippen LogP contribution in [0.1, 0.15) is 44.8 Å². The summed E-state index contributed by atoms with van der Waals surface area (Å²) in [5.41, 5.74) is 2.28. The van der Waals surface area contributed by atoms with Crippen molar-refractivity contribution in [3.05, 3.63) is 52.5 Å².